The van der Waals surface area contributed by atoms with Crippen LogP contribution in [0.1, 0.15) is 73.6 Å². The Labute approximate surface area is 178 Å². The molecule has 0 fully saturated rings. The molecule has 0 aromatic heterocycles. The molecule has 0 aromatic carbocycles. The molecule has 10 nitrogen and oxygen atoms in total. The molecule has 0 spiro atoms. The second-order valence-electron chi connectivity index (χ2n) is 9.00. The summed E-state index contributed by atoms with van der Waals surface area (Å²) >= 11 is 0. The van der Waals surface area contributed by atoms with E-state index in [-0.39, 0.29) is 19.3 Å². The Hall–Kier alpha value is -2.36. The zero-order valence-corrected chi connectivity index (χ0v) is 18.9. The van der Waals surface area contributed by atoms with Gasteiger partial charge in [0.05, 0.1) is 0 Å². The Morgan fingerprint density at radius 2 is 1.40 bits per heavy atom. The van der Waals surface area contributed by atoms with Crippen LogP contribution in [-0.4, -0.2) is 58.9 Å². The van der Waals surface area contributed by atoms with Crippen LogP contribution in [-0.2, 0) is 23.9 Å². The van der Waals surface area contributed by atoms with Crippen molar-refractivity contribution in [2.75, 3.05) is 6.54 Å². The Balaban J connectivity index is 5.07. The van der Waals surface area contributed by atoms with E-state index < -0.39 is 47.2 Å². The van der Waals surface area contributed by atoms with Gasteiger partial charge in [0.25, 0.3) is 0 Å². The third-order valence-electron chi connectivity index (χ3n) is 3.60. The Kier molecular flexibility index (Phi) is 11.4. The number of aliphatic carboxylic acids is 1. The van der Waals surface area contributed by atoms with E-state index in [9.17, 15) is 24.3 Å². The first-order chi connectivity index (χ1) is 13.6. The van der Waals surface area contributed by atoms with Crippen LogP contribution in [0.25, 0.3) is 0 Å². The van der Waals surface area contributed by atoms with E-state index in [0.29, 0.717) is 19.4 Å². The van der Waals surface area contributed by atoms with Crippen molar-refractivity contribution in [3.63, 3.8) is 0 Å². The third kappa shape index (κ3) is 13.8. The predicted molar refractivity (Wildman–Crippen MR) is 111 cm³/mol. The van der Waals surface area contributed by atoms with Gasteiger partial charge in [-0.2, -0.15) is 0 Å². The van der Waals surface area contributed by atoms with Crippen molar-refractivity contribution in [2.45, 2.75) is 96.9 Å². The molecule has 30 heavy (non-hydrogen) atoms. The SMILES string of the molecule is CC(C)(C)OC(=O)CCC(NC(=O)NC(CCCCN)C(=O)O)C(=O)OC(C)(C)C. The van der Waals surface area contributed by atoms with Crippen molar-refractivity contribution in [1.29, 1.82) is 0 Å². The molecule has 0 saturated heterocycles. The number of hydrogen-bond donors (Lipinski definition) is 4. The van der Waals surface area contributed by atoms with Gasteiger partial charge < -0.3 is 30.9 Å². The summed E-state index contributed by atoms with van der Waals surface area (Å²) in [6.07, 6.45) is 1.18. The first-order valence-electron chi connectivity index (χ1n) is 10.1. The Bertz CT molecular complexity index is 594. The van der Waals surface area contributed by atoms with Crippen molar-refractivity contribution < 1.29 is 33.8 Å². The Morgan fingerprint density at radius 1 is 0.867 bits per heavy atom. The number of nitrogens with two attached hydrogens (primary N) is 1. The number of carbonyl (C=O) groups is 4. The van der Waals surface area contributed by atoms with Crippen LogP contribution in [0.15, 0.2) is 0 Å². The molecule has 0 radical (unpaired) electrons. The summed E-state index contributed by atoms with van der Waals surface area (Å²) in [4.78, 5) is 48.1. The van der Waals surface area contributed by atoms with Gasteiger partial charge in [-0.1, -0.05) is 0 Å². The molecular formula is C20H37N3O7. The number of hydrogen-bond acceptors (Lipinski definition) is 7. The highest BCUT2D eigenvalue weighted by Crippen LogP contribution is 2.13. The van der Waals surface area contributed by atoms with Gasteiger partial charge in [0.15, 0.2) is 0 Å². The summed E-state index contributed by atoms with van der Waals surface area (Å²) in [5.41, 5.74) is 3.92. The zero-order chi connectivity index (χ0) is 23.5. The normalized spacial score (nSPS) is 13.7. The predicted octanol–water partition coefficient (Wildman–Crippen LogP) is 1.70. The number of unbranched alkanes of at least 4 members (excludes halogenated alkanes) is 1. The van der Waals surface area contributed by atoms with Gasteiger partial charge in [-0.15, -0.1) is 0 Å². The summed E-state index contributed by atoms with van der Waals surface area (Å²) in [6.45, 7) is 10.6. The quantitative estimate of drug-likeness (QED) is 0.284. The number of carboxylic acids is 1. The highest BCUT2D eigenvalue weighted by Gasteiger charge is 2.29. The molecule has 0 rings (SSSR count). The maximum absolute atomic E-state index is 12.5. The summed E-state index contributed by atoms with van der Waals surface area (Å²) in [7, 11) is 0. The lowest BCUT2D eigenvalue weighted by Crippen LogP contribution is -2.52. The van der Waals surface area contributed by atoms with E-state index in [1.165, 1.54) is 0 Å². The van der Waals surface area contributed by atoms with Crippen molar-refractivity contribution in [2.24, 2.45) is 5.73 Å². The third-order valence-corrected chi connectivity index (χ3v) is 3.60. The van der Waals surface area contributed by atoms with E-state index in [0.717, 1.165) is 0 Å². The molecule has 174 valence electrons. The van der Waals surface area contributed by atoms with Crippen LogP contribution in [0, 0.1) is 0 Å². The van der Waals surface area contributed by atoms with E-state index in [1.54, 1.807) is 41.5 Å². The van der Waals surface area contributed by atoms with Gasteiger partial charge in [0, 0.05) is 6.42 Å². The van der Waals surface area contributed by atoms with Crippen LogP contribution in [0.3, 0.4) is 0 Å². The Morgan fingerprint density at radius 3 is 1.87 bits per heavy atom. The van der Waals surface area contributed by atoms with Crippen molar-refractivity contribution in [3.05, 3.63) is 0 Å². The molecule has 2 unspecified atom stereocenters. The monoisotopic (exact) mass is 431 g/mol. The molecule has 0 heterocycles. The van der Waals surface area contributed by atoms with Crippen LogP contribution < -0.4 is 16.4 Å². The van der Waals surface area contributed by atoms with E-state index in [2.05, 4.69) is 10.6 Å². The summed E-state index contributed by atoms with van der Waals surface area (Å²) < 4.78 is 10.5. The number of amides is 2. The number of urea groups is 1. The highest BCUT2D eigenvalue weighted by atomic mass is 16.6. The van der Waals surface area contributed by atoms with Gasteiger partial charge >= 0.3 is 23.9 Å². The van der Waals surface area contributed by atoms with Crippen molar-refractivity contribution in [1.82, 2.24) is 10.6 Å². The fourth-order valence-electron chi connectivity index (χ4n) is 2.38. The van der Waals surface area contributed by atoms with Gasteiger partial charge in [0.1, 0.15) is 23.3 Å². The maximum atomic E-state index is 12.5. The molecule has 5 N–H and O–H groups in total. The highest BCUT2D eigenvalue weighted by molar-refractivity contribution is 5.87. The second-order valence-corrected chi connectivity index (χ2v) is 9.00. The minimum absolute atomic E-state index is 0.0534. The number of carbonyl (C=O) groups excluding carboxylic acids is 3. The lowest BCUT2D eigenvalue weighted by molar-refractivity contribution is -0.158. The van der Waals surface area contributed by atoms with Gasteiger partial charge in [-0.05, 0) is 73.8 Å². The molecule has 0 aliphatic carbocycles. The van der Waals surface area contributed by atoms with E-state index in [1.807, 2.05) is 0 Å². The largest absolute Gasteiger partial charge is 0.480 e. The average Bonchev–Trinajstić information content (AvgIpc) is 2.54. The van der Waals surface area contributed by atoms with Crippen LogP contribution >= 0.6 is 0 Å². The first kappa shape index (κ1) is 27.6. The summed E-state index contributed by atoms with van der Waals surface area (Å²) in [5, 5.41) is 14.0. The molecule has 0 bridgehead atoms. The fourth-order valence-corrected chi connectivity index (χ4v) is 2.38. The number of rotatable bonds is 11. The number of carboxylic acid groups (broad SMARTS) is 1. The van der Waals surface area contributed by atoms with Crippen molar-refractivity contribution >= 4 is 23.9 Å². The molecule has 0 saturated carbocycles. The van der Waals surface area contributed by atoms with Gasteiger partial charge in [-0.25, -0.2) is 14.4 Å². The standard InChI is InChI=1S/C20H37N3O7/c1-19(2,3)29-15(24)11-10-14(17(27)30-20(4,5)6)23-18(28)22-13(16(25)26)9-7-8-12-21/h13-14H,7-12,21H2,1-6H3,(H,25,26)(H2,22,23,28). The van der Waals surface area contributed by atoms with Crippen LogP contribution in [0.4, 0.5) is 4.79 Å². The fraction of sp³-hybridized carbons (Fsp3) is 0.800. The zero-order valence-electron chi connectivity index (χ0n) is 18.9. The molecule has 0 aliphatic rings. The molecule has 2 amide bonds. The second kappa shape index (κ2) is 12.4. The summed E-state index contributed by atoms with van der Waals surface area (Å²) in [6, 6.07) is -3.10. The molecule has 0 aromatic rings. The van der Waals surface area contributed by atoms with Gasteiger partial charge in [0.2, 0.25) is 0 Å². The smallest absolute Gasteiger partial charge is 0.329 e. The number of esters is 2. The maximum Gasteiger partial charge on any atom is 0.329 e. The lowest BCUT2D eigenvalue weighted by Gasteiger charge is -2.25. The van der Waals surface area contributed by atoms with E-state index in [4.69, 9.17) is 15.2 Å². The van der Waals surface area contributed by atoms with Crippen LogP contribution in [0.5, 0.6) is 0 Å². The molecule has 2 atom stereocenters. The topological polar surface area (TPSA) is 157 Å². The van der Waals surface area contributed by atoms with E-state index >= 15 is 0 Å². The van der Waals surface area contributed by atoms with Gasteiger partial charge in [-0.3, -0.25) is 4.79 Å². The van der Waals surface area contributed by atoms with Crippen LogP contribution in [0.2, 0.25) is 0 Å². The number of ether oxygens (including phenoxy) is 2. The first-order valence-corrected chi connectivity index (χ1v) is 10.1. The average molecular weight is 432 g/mol. The number of nitrogens with one attached hydrogen (secondary N) is 2. The molecular weight excluding hydrogens is 394 g/mol. The molecule has 0 aliphatic heterocycles. The van der Waals surface area contributed by atoms with Crippen molar-refractivity contribution in [3.8, 4) is 0 Å². The minimum atomic E-state index is -1.19. The summed E-state index contributed by atoms with van der Waals surface area (Å²) in [5.74, 6) is -2.44. The lowest BCUT2D eigenvalue weighted by atomic mass is 10.1. The molecule has 10 heteroatoms. The minimum Gasteiger partial charge on any atom is -0.480 e.